The molecule has 0 saturated carbocycles. The van der Waals surface area contributed by atoms with Gasteiger partial charge in [-0.25, -0.2) is 0 Å². The molecule has 0 saturated heterocycles. The van der Waals surface area contributed by atoms with Crippen molar-refractivity contribution in [2.24, 2.45) is 0 Å². The predicted molar refractivity (Wildman–Crippen MR) is 80.7 cm³/mol. The van der Waals surface area contributed by atoms with Crippen LogP contribution in [0, 0.1) is 0 Å². The quantitative estimate of drug-likeness (QED) is 0.753. The van der Waals surface area contributed by atoms with E-state index in [-0.39, 0.29) is 12.1 Å². The Morgan fingerprint density at radius 3 is 2.35 bits per heavy atom. The first-order valence-corrected chi connectivity index (χ1v) is 6.99. The lowest BCUT2D eigenvalue weighted by Crippen LogP contribution is -2.09. The summed E-state index contributed by atoms with van der Waals surface area (Å²) in [5, 5.41) is 0.730. The lowest BCUT2D eigenvalue weighted by molar-refractivity contribution is -0.147. The Hall–Kier alpha value is -1.80. The van der Waals surface area contributed by atoms with Crippen LogP contribution in [0.25, 0.3) is 0 Å². The Balaban J connectivity index is 2.04. The minimum atomic E-state index is -0.255. The van der Waals surface area contributed by atoms with Gasteiger partial charge in [-0.05, 0) is 36.1 Å². The van der Waals surface area contributed by atoms with Crippen molar-refractivity contribution in [3.05, 3.63) is 70.7 Å². The highest BCUT2D eigenvalue weighted by Crippen LogP contribution is 2.23. The van der Waals surface area contributed by atoms with Gasteiger partial charge in [0.25, 0.3) is 0 Å². The number of halogens is 1. The number of benzene rings is 2. The topological polar surface area (TPSA) is 26.3 Å². The summed E-state index contributed by atoms with van der Waals surface area (Å²) in [5.74, 6) is -0.255. The first kappa shape index (κ1) is 14.6. The van der Waals surface area contributed by atoms with E-state index in [1.165, 1.54) is 12.5 Å². The lowest BCUT2D eigenvalue weighted by atomic mass is 10.0. The molecular weight excluding hydrogens is 272 g/mol. The second-order valence-corrected chi connectivity index (χ2v) is 5.11. The molecule has 0 aliphatic heterocycles. The third-order valence-electron chi connectivity index (χ3n) is 3.09. The summed E-state index contributed by atoms with van der Waals surface area (Å²) in [7, 11) is 0. The highest BCUT2D eigenvalue weighted by Gasteiger charge is 2.14. The average Bonchev–Trinajstić information content (AvgIpc) is 2.46. The third-order valence-corrected chi connectivity index (χ3v) is 3.34. The minimum Gasteiger partial charge on any atom is -0.458 e. The highest BCUT2D eigenvalue weighted by molar-refractivity contribution is 6.30. The third kappa shape index (κ3) is 4.39. The van der Waals surface area contributed by atoms with Crippen molar-refractivity contribution in [1.82, 2.24) is 0 Å². The first-order chi connectivity index (χ1) is 9.65. The van der Waals surface area contributed by atoms with Gasteiger partial charge in [-0.15, -0.1) is 0 Å². The van der Waals surface area contributed by atoms with E-state index < -0.39 is 0 Å². The molecule has 0 unspecified atom stereocenters. The molecule has 2 aromatic carbocycles. The van der Waals surface area contributed by atoms with Gasteiger partial charge in [0, 0.05) is 11.9 Å². The van der Waals surface area contributed by atoms with Crippen LogP contribution in [-0.4, -0.2) is 5.97 Å². The zero-order valence-corrected chi connectivity index (χ0v) is 12.1. The van der Waals surface area contributed by atoms with Crippen LogP contribution in [0.3, 0.4) is 0 Å². The van der Waals surface area contributed by atoms with Crippen LogP contribution in [0.5, 0.6) is 0 Å². The molecule has 0 aromatic heterocycles. The first-order valence-electron chi connectivity index (χ1n) is 6.62. The van der Waals surface area contributed by atoms with Gasteiger partial charge in [-0.3, -0.25) is 4.79 Å². The van der Waals surface area contributed by atoms with E-state index in [0.29, 0.717) is 0 Å². The van der Waals surface area contributed by atoms with Crippen molar-refractivity contribution in [3.63, 3.8) is 0 Å². The molecule has 0 amide bonds. The Morgan fingerprint density at radius 2 is 1.75 bits per heavy atom. The van der Waals surface area contributed by atoms with E-state index in [1.54, 1.807) is 0 Å². The van der Waals surface area contributed by atoms with Crippen LogP contribution in [-0.2, 0) is 16.0 Å². The highest BCUT2D eigenvalue weighted by atomic mass is 35.5. The van der Waals surface area contributed by atoms with Crippen LogP contribution in [0.1, 0.15) is 30.6 Å². The number of esters is 1. The number of hydrogen-bond acceptors (Lipinski definition) is 2. The van der Waals surface area contributed by atoms with Crippen LogP contribution >= 0.6 is 11.6 Å². The zero-order valence-electron chi connectivity index (χ0n) is 11.4. The van der Waals surface area contributed by atoms with Gasteiger partial charge in [0.1, 0.15) is 6.10 Å². The van der Waals surface area contributed by atoms with Gasteiger partial charge in [-0.1, -0.05) is 54.1 Å². The molecule has 0 spiro atoms. The summed E-state index contributed by atoms with van der Waals surface area (Å²) in [6.45, 7) is 1.44. The molecule has 3 heteroatoms. The van der Waals surface area contributed by atoms with Gasteiger partial charge in [-0.2, -0.15) is 0 Å². The molecule has 2 aromatic rings. The molecule has 0 aliphatic rings. The largest absolute Gasteiger partial charge is 0.458 e. The van der Waals surface area contributed by atoms with E-state index in [1.807, 2.05) is 54.6 Å². The maximum Gasteiger partial charge on any atom is 0.303 e. The molecule has 2 rings (SSSR count). The van der Waals surface area contributed by atoms with Crippen molar-refractivity contribution in [1.29, 1.82) is 0 Å². The second kappa shape index (κ2) is 7.11. The van der Waals surface area contributed by atoms with Crippen molar-refractivity contribution in [3.8, 4) is 0 Å². The number of hydrogen-bond donors (Lipinski definition) is 0. The summed E-state index contributed by atoms with van der Waals surface area (Å²) in [6, 6.07) is 17.6. The molecule has 1 atom stereocenters. The van der Waals surface area contributed by atoms with E-state index in [4.69, 9.17) is 16.3 Å². The van der Waals surface area contributed by atoms with Crippen molar-refractivity contribution in [2.75, 3.05) is 0 Å². The van der Waals surface area contributed by atoms with Crippen molar-refractivity contribution in [2.45, 2.75) is 25.9 Å². The molecule has 20 heavy (non-hydrogen) atoms. The Bertz CT molecular complexity index is 549. The number of carbonyl (C=O) groups is 1. The summed E-state index contributed by atoms with van der Waals surface area (Å²) in [5.41, 5.74) is 2.21. The molecule has 0 N–H and O–H groups in total. The smallest absolute Gasteiger partial charge is 0.303 e. The fourth-order valence-corrected chi connectivity index (χ4v) is 2.24. The SMILES string of the molecule is CC(=O)O[C@H](CCc1ccc(Cl)cc1)c1ccccc1. The Morgan fingerprint density at radius 1 is 1.10 bits per heavy atom. The van der Waals surface area contributed by atoms with Gasteiger partial charge in [0.05, 0.1) is 0 Å². The van der Waals surface area contributed by atoms with Gasteiger partial charge < -0.3 is 4.74 Å². The second-order valence-electron chi connectivity index (χ2n) is 4.67. The van der Waals surface area contributed by atoms with E-state index in [2.05, 4.69) is 0 Å². The van der Waals surface area contributed by atoms with Crippen LogP contribution < -0.4 is 0 Å². The van der Waals surface area contributed by atoms with Crippen molar-refractivity contribution >= 4 is 17.6 Å². The number of carbonyl (C=O) groups excluding carboxylic acids is 1. The maximum atomic E-state index is 11.2. The summed E-state index contributed by atoms with van der Waals surface area (Å²) >= 11 is 5.87. The molecule has 0 heterocycles. The van der Waals surface area contributed by atoms with Gasteiger partial charge in [0.2, 0.25) is 0 Å². The van der Waals surface area contributed by atoms with Gasteiger partial charge in [0.15, 0.2) is 0 Å². The van der Waals surface area contributed by atoms with Crippen molar-refractivity contribution < 1.29 is 9.53 Å². The summed E-state index contributed by atoms with van der Waals surface area (Å²) < 4.78 is 5.42. The van der Waals surface area contributed by atoms with E-state index >= 15 is 0 Å². The fourth-order valence-electron chi connectivity index (χ4n) is 2.11. The Labute approximate surface area is 124 Å². The molecule has 0 aliphatic carbocycles. The van der Waals surface area contributed by atoms with E-state index in [0.717, 1.165) is 23.4 Å². The van der Waals surface area contributed by atoms with Crippen LogP contribution in [0.4, 0.5) is 0 Å². The molecule has 0 bridgehead atoms. The summed E-state index contributed by atoms with van der Waals surface area (Å²) in [6.07, 6.45) is 1.39. The number of rotatable bonds is 5. The average molecular weight is 289 g/mol. The molecule has 104 valence electrons. The molecule has 0 fully saturated rings. The van der Waals surface area contributed by atoms with E-state index in [9.17, 15) is 4.79 Å². The summed E-state index contributed by atoms with van der Waals surface area (Å²) in [4.78, 5) is 11.2. The zero-order chi connectivity index (χ0) is 14.4. The lowest BCUT2D eigenvalue weighted by Gasteiger charge is -2.17. The monoisotopic (exact) mass is 288 g/mol. The molecule has 0 radical (unpaired) electrons. The minimum absolute atomic E-state index is 0.204. The maximum absolute atomic E-state index is 11.2. The predicted octanol–water partition coefficient (Wildman–Crippen LogP) is 4.58. The van der Waals surface area contributed by atoms with Crippen LogP contribution in [0.15, 0.2) is 54.6 Å². The number of ether oxygens (including phenoxy) is 1. The normalized spacial score (nSPS) is 11.9. The number of aryl methyl sites for hydroxylation is 1. The van der Waals surface area contributed by atoms with Crippen LogP contribution in [0.2, 0.25) is 5.02 Å². The van der Waals surface area contributed by atoms with Gasteiger partial charge >= 0.3 is 5.97 Å². The standard InChI is InChI=1S/C17H17ClO2/c1-13(19)20-17(15-5-3-2-4-6-15)12-9-14-7-10-16(18)11-8-14/h2-8,10-11,17H,9,12H2,1H3/t17-/m1/s1. The molecular formula is C17H17ClO2. The molecule has 2 nitrogen and oxygen atoms in total. The fraction of sp³-hybridized carbons (Fsp3) is 0.235. The Kier molecular flexibility index (Phi) is 5.19.